The summed E-state index contributed by atoms with van der Waals surface area (Å²) in [7, 11) is 1.83. The Bertz CT molecular complexity index is 441. The van der Waals surface area contributed by atoms with Crippen LogP contribution in [-0.2, 0) is 16.1 Å². The van der Waals surface area contributed by atoms with Gasteiger partial charge in [0.15, 0.2) is 0 Å². The highest BCUT2D eigenvalue weighted by Gasteiger charge is 2.23. The number of carbonyl (C=O) groups excluding carboxylic acids is 2. The van der Waals surface area contributed by atoms with E-state index in [9.17, 15) is 9.59 Å². The second-order valence-electron chi connectivity index (χ2n) is 5.19. The minimum atomic E-state index is -0.0773. The van der Waals surface area contributed by atoms with Crippen LogP contribution in [0.2, 0.25) is 0 Å². The van der Waals surface area contributed by atoms with Crippen molar-refractivity contribution in [3.63, 3.8) is 0 Å². The molecule has 0 spiro atoms. The maximum Gasteiger partial charge on any atom is 0.234 e. The van der Waals surface area contributed by atoms with Crippen molar-refractivity contribution < 1.29 is 14.0 Å². The normalized spacial score (nSPS) is 14.3. The highest BCUT2D eigenvalue weighted by atomic mass is 16.3. The Balaban J connectivity index is 1.56. The molecule has 2 rings (SSSR count). The predicted octanol–water partition coefficient (Wildman–Crippen LogP) is 0.496. The summed E-state index contributed by atoms with van der Waals surface area (Å²) in [4.78, 5) is 25.0. The minimum Gasteiger partial charge on any atom is -0.467 e. The van der Waals surface area contributed by atoms with Crippen molar-refractivity contribution >= 4 is 11.8 Å². The van der Waals surface area contributed by atoms with Gasteiger partial charge in [0, 0.05) is 19.0 Å². The van der Waals surface area contributed by atoms with E-state index in [0.29, 0.717) is 25.6 Å². The maximum absolute atomic E-state index is 11.7. The molecule has 6 heteroatoms. The molecule has 1 saturated carbocycles. The van der Waals surface area contributed by atoms with Crippen molar-refractivity contribution in [1.29, 1.82) is 0 Å². The molecule has 1 heterocycles. The molecule has 1 aromatic rings. The third-order valence-corrected chi connectivity index (χ3v) is 3.12. The van der Waals surface area contributed by atoms with Crippen LogP contribution in [0.4, 0.5) is 0 Å². The van der Waals surface area contributed by atoms with Crippen molar-refractivity contribution in [3.05, 3.63) is 24.2 Å². The Morgan fingerprint density at radius 1 is 1.40 bits per heavy atom. The van der Waals surface area contributed by atoms with E-state index in [1.807, 2.05) is 18.0 Å². The lowest BCUT2D eigenvalue weighted by molar-refractivity contribution is -0.124. The van der Waals surface area contributed by atoms with Crippen LogP contribution in [0.25, 0.3) is 0 Å². The number of likely N-dealkylation sites (N-methyl/N-ethyl adjacent to an activating group) is 1. The van der Waals surface area contributed by atoms with Crippen molar-refractivity contribution in [3.8, 4) is 0 Å². The molecule has 0 aromatic carbocycles. The van der Waals surface area contributed by atoms with E-state index < -0.39 is 0 Å². The molecule has 110 valence electrons. The molecule has 2 N–H and O–H groups in total. The second kappa shape index (κ2) is 7.09. The van der Waals surface area contributed by atoms with E-state index in [1.54, 1.807) is 12.3 Å². The third-order valence-electron chi connectivity index (χ3n) is 3.12. The first kappa shape index (κ1) is 14.6. The molecule has 1 fully saturated rings. The van der Waals surface area contributed by atoms with E-state index in [1.165, 1.54) is 0 Å². The summed E-state index contributed by atoms with van der Waals surface area (Å²) in [5, 5.41) is 5.70. The van der Waals surface area contributed by atoms with Crippen LogP contribution in [0.1, 0.15) is 25.0 Å². The highest BCUT2D eigenvalue weighted by molar-refractivity contribution is 5.78. The lowest BCUT2D eigenvalue weighted by Gasteiger charge is -2.15. The molecule has 6 nitrogen and oxygen atoms in total. The molecule has 20 heavy (non-hydrogen) atoms. The van der Waals surface area contributed by atoms with Crippen molar-refractivity contribution in [1.82, 2.24) is 15.5 Å². The molecule has 2 amide bonds. The summed E-state index contributed by atoms with van der Waals surface area (Å²) >= 11 is 0. The topological polar surface area (TPSA) is 74.6 Å². The summed E-state index contributed by atoms with van der Waals surface area (Å²) in [6.45, 7) is 1.24. The van der Waals surface area contributed by atoms with E-state index in [2.05, 4.69) is 10.6 Å². The van der Waals surface area contributed by atoms with E-state index in [-0.39, 0.29) is 18.4 Å². The first-order valence-corrected chi connectivity index (χ1v) is 6.90. The average molecular weight is 279 g/mol. The van der Waals surface area contributed by atoms with Crippen LogP contribution >= 0.6 is 0 Å². The van der Waals surface area contributed by atoms with Gasteiger partial charge in [-0.15, -0.1) is 0 Å². The lowest BCUT2D eigenvalue weighted by atomic mass is 10.3. The smallest absolute Gasteiger partial charge is 0.234 e. The summed E-state index contributed by atoms with van der Waals surface area (Å²) in [5.74, 6) is 0.714. The van der Waals surface area contributed by atoms with Gasteiger partial charge >= 0.3 is 0 Å². The fourth-order valence-corrected chi connectivity index (χ4v) is 1.80. The summed E-state index contributed by atoms with van der Waals surface area (Å²) in [6, 6.07) is 3.99. The van der Waals surface area contributed by atoms with Gasteiger partial charge in [-0.1, -0.05) is 0 Å². The van der Waals surface area contributed by atoms with Gasteiger partial charge in [0.05, 0.1) is 19.4 Å². The number of nitrogens with one attached hydrogen (secondary N) is 2. The van der Waals surface area contributed by atoms with Gasteiger partial charge in [-0.2, -0.15) is 0 Å². The summed E-state index contributed by atoms with van der Waals surface area (Å²) in [6.07, 6.45) is 4.19. The monoisotopic (exact) mass is 279 g/mol. The third kappa shape index (κ3) is 5.44. The molecule has 1 aliphatic carbocycles. The largest absolute Gasteiger partial charge is 0.467 e. The molecule has 0 radical (unpaired) electrons. The van der Waals surface area contributed by atoms with Gasteiger partial charge < -0.3 is 15.1 Å². The van der Waals surface area contributed by atoms with Crippen molar-refractivity contribution in [2.75, 3.05) is 20.1 Å². The highest BCUT2D eigenvalue weighted by Crippen LogP contribution is 2.18. The fraction of sp³-hybridized carbons (Fsp3) is 0.571. The lowest BCUT2D eigenvalue weighted by Crippen LogP contribution is -2.37. The Morgan fingerprint density at radius 2 is 2.20 bits per heavy atom. The van der Waals surface area contributed by atoms with Gasteiger partial charge in [-0.05, 0) is 32.0 Å². The number of furan rings is 1. The number of amides is 2. The summed E-state index contributed by atoms with van der Waals surface area (Å²) in [5.41, 5.74) is 0. The van der Waals surface area contributed by atoms with Crippen LogP contribution in [0.15, 0.2) is 22.8 Å². The molecule has 0 atom stereocenters. The standard InChI is InChI=1S/C14H21N3O3/c1-17(7-6-13(18)16-11-4-5-11)10-14(19)15-9-12-3-2-8-20-12/h2-3,8,11H,4-7,9-10H2,1H3,(H,15,19)(H,16,18). The SMILES string of the molecule is CN(CCC(=O)NC1CC1)CC(=O)NCc1ccco1. The van der Waals surface area contributed by atoms with Gasteiger partial charge in [0.1, 0.15) is 5.76 Å². The Hall–Kier alpha value is -1.82. The number of carbonyl (C=O) groups is 2. The predicted molar refractivity (Wildman–Crippen MR) is 73.8 cm³/mol. The second-order valence-corrected chi connectivity index (χ2v) is 5.19. The van der Waals surface area contributed by atoms with Crippen LogP contribution in [0.5, 0.6) is 0 Å². The Morgan fingerprint density at radius 3 is 2.85 bits per heavy atom. The van der Waals surface area contributed by atoms with Crippen molar-refractivity contribution in [2.24, 2.45) is 0 Å². The number of hydrogen-bond donors (Lipinski definition) is 2. The van der Waals surface area contributed by atoms with Gasteiger partial charge in [0.2, 0.25) is 11.8 Å². The fourth-order valence-electron chi connectivity index (χ4n) is 1.80. The Labute approximate surface area is 118 Å². The minimum absolute atomic E-state index is 0.0651. The molecular formula is C14H21N3O3. The molecule has 0 bridgehead atoms. The molecule has 1 aromatic heterocycles. The Kier molecular flexibility index (Phi) is 5.17. The van der Waals surface area contributed by atoms with Gasteiger partial charge in [-0.3, -0.25) is 14.5 Å². The molecule has 0 unspecified atom stereocenters. The molecular weight excluding hydrogens is 258 g/mol. The number of hydrogen-bond acceptors (Lipinski definition) is 4. The number of nitrogens with zero attached hydrogens (tertiary/aromatic N) is 1. The molecule has 1 aliphatic rings. The first-order valence-electron chi connectivity index (χ1n) is 6.90. The number of rotatable bonds is 8. The van der Waals surface area contributed by atoms with E-state index in [4.69, 9.17) is 4.42 Å². The van der Waals surface area contributed by atoms with Gasteiger partial charge in [0.25, 0.3) is 0 Å². The zero-order chi connectivity index (χ0) is 14.4. The zero-order valence-electron chi connectivity index (χ0n) is 11.7. The molecule has 0 aliphatic heterocycles. The molecule has 0 saturated heterocycles. The van der Waals surface area contributed by atoms with Crippen LogP contribution in [0.3, 0.4) is 0 Å². The van der Waals surface area contributed by atoms with E-state index >= 15 is 0 Å². The summed E-state index contributed by atoms with van der Waals surface area (Å²) < 4.78 is 5.13. The van der Waals surface area contributed by atoms with E-state index in [0.717, 1.165) is 18.6 Å². The first-order chi connectivity index (χ1) is 9.63. The average Bonchev–Trinajstić information content (AvgIpc) is 3.06. The van der Waals surface area contributed by atoms with Gasteiger partial charge in [-0.25, -0.2) is 0 Å². The maximum atomic E-state index is 11.7. The van der Waals surface area contributed by atoms with Crippen LogP contribution in [-0.4, -0.2) is 42.9 Å². The van der Waals surface area contributed by atoms with Crippen molar-refractivity contribution in [2.45, 2.75) is 31.8 Å². The zero-order valence-corrected chi connectivity index (χ0v) is 11.7. The van der Waals surface area contributed by atoms with Crippen LogP contribution < -0.4 is 10.6 Å². The van der Waals surface area contributed by atoms with Crippen LogP contribution in [0, 0.1) is 0 Å². The quantitative estimate of drug-likeness (QED) is 0.726.